The smallest absolute Gasteiger partial charge is 0.209 e. The first kappa shape index (κ1) is 19.9. The minimum atomic E-state index is -3.22. The Morgan fingerprint density at radius 3 is 2.65 bits per heavy atom. The summed E-state index contributed by atoms with van der Waals surface area (Å²) < 4.78 is 26.9. The largest absolute Gasteiger partial charge is 0.278 e. The van der Waals surface area contributed by atoms with Crippen molar-refractivity contribution in [2.24, 2.45) is 7.05 Å². The quantitative estimate of drug-likeness (QED) is 0.463. The number of aromatic amines is 1. The van der Waals surface area contributed by atoms with Crippen molar-refractivity contribution in [2.75, 3.05) is 6.26 Å². The average Bonchev–Trinajstić information content (AvgIpc) is 3.34. The van der Waals surface area contributed by atoms with Gasteiger partial charge in [-0.1, -0.05) is 30.3 Å². The number of fused-ring (bicyclic) bond motifs is 1. The monoisotopic (exact) mass is 436 g/mol. The highest BCUT2D eigenvalue weighted by Crippen LogP contribution is 2.45. The van der Waals surface area contributed by atoms with Crippen molar-refractivity contribution in [3.8, 4) is 11.4 Å². The number of hydrogen-bond acceptors (Lipinski definition) is 5. The van der Waals surface area contributed by atoms with Crippen LogP contribution in [-0.4, -0.2) is 39.6 Å². The second-order valence-corrected chi connectivity index (χ2v) is 10.0. The van der Waals surface area contributed by atoms with Gasteiger partial charge in [0.2, 0.25) is 10.0 Å². The summed E-state index contributed by atoms with van der Waals surface area (Å²) in [6.07, 6.45) is 6.24. The molecule has 0 atom stereocenters. The van der Waals surface area contributed by atoms with Crippen molar-refractivity contribution >= 4 is 20.9 Å². The van der Waals surface area contributed by atoms with E-state index in [1.54, 1.807) is 0 Å². The molecule has 8 nitrogen and oxygen atoms in total. The van der Waals surface area contributed by atoms with Crippen LogP contribution in [0.5, 0.6) is 0 Å². The molecule has 2 heterocycles. The molecule has 5 rings (SSSR count). The normalized spacial score (nSPS) is 14.4. The molecule has 0 aliphatic heterocycles. The molecule has 9 heteroatoms. The zero-order valence-electron chi connectivity index (χ0n) is 17.5. The van der Waals surface area contributed by atoms with Crippen LogP contribution in [-0.2, 0) is 30.0 Å². The summed E-state index contributed by atoms with van der Waals surface area (Å²) in [4.78, 5) is 4.80. The zero-order chi connectivity index (χ0) is 21.6. The second-order valence-electron chi connectivity index (χ2n) is 8.19. The van der Waals surface area contributed by atoms with Crippen molar-refractivity contribution in [2.45, 2.75) is 31.7 Å². The Balaban J connectivity index is 1.39. The lowest BCUT2D eigenvalue weighted by Crippen LogP contribution is -2.21. The summed E-state index contributed by atoms with van der Waals surface area (Å²) in [6.45, 7) is 0.264. The van der Waals surface area contributed by atoms with Gasteiger partial charge in [-0.2, -0.15) is 10.2 Å². The fourth-order valence-corrected chi connectivity index (χ4v) is 4.37. The van der Waals surface area contributed by atoms with Gasteiger partial charge < -0.3 is 0 Å². The van der Waals surface area contributed by atoms with E-state index in [4.69, 9.17) is 4.98 Å². The third kappa shape index (κ3) is 4.24. The van der Waals surface area contributed by atoms with Crippen LogP contribution < -0.4 is 4.72 Å². The molecule has 1 aliphatic carbocycles. The Hall–Kier alpha value is -3.04. The van der Waals surface area contributed by atoms with Gasteiger partial charge in [-0.3, -0.25) is 9.78 Å². The first-order valence-corrected chi connectivity index (χ1v) is 12.2. The molecule has 2 aromatic carbocycles. The van der Waals surface area contributed by atoms with Gasteiger partial charge in [-0.15, -0.1) is 0 Å². The van der Waals surface area contributed by atoms with Crippen LogP contribution in [0.3, 0.4) is 0 Å². The van der Waals surface area contributed by atoms with Crippen molar-refractivity contribution < 1.29 is 8.42 Å². The van der Waals surface area contributed by atoms with Gasteiger partial charge in [-0.25, -0.2) is 18.1 Å². The van der Waals surface area contributed by atoms with Gasteiger partial charge in [0.05, 0.1) is 18.0 Å². The van der Waals surface area contributed by atoms with Crippen LogP contribution in [0.25, 0.3) is 22.3 Å². The first-order valence-electron chi connectivity index (χ1n) is 10.3. The fraction of sp³-hybridized carbons (Fsp3) is 0.318. The van der Waals surface area contributed by atoms with E-state index in [-0.39, 0.29) is 6.54 Å². The summed E-state index contributed by atoms with van der Waals surface area (Å²) in [6, 6.07) is 11.9. The summed E-state index contributed by atoms with van der Waals surface area (Å²) in [5.74, 6) is 2.18. The molecule has 0 unspecified atom stereocenters. The van der Waals surface area contributed by atoms with Gasteiger partial charge in [0.25, 0.3) is 0 Å². The first-order chi connectivity index (χ1) is 14.9. The molecule has 2 N–H and O–H groups in total. The fourth-order valence-electron chi connectivity index (χ4n) is 3.94. The van der Waals surface area contributed by atoms with E-state index in [1.165, 1.54) is 29.4 Å². The number of sulfonamides is 1. The number of aromatic nitrogens is 5. The molecule has 1 fully saturated rings. The van der Waals surface area contributed by atoms with Crippen LogP contribution in [0, 0.1) is 0 Å². The third-order valence-corrected chi connectivity index (χ3v) is 6.36. The van der Waals surface area contributed by atoms with E-state index in [0.29, 0.717) is 18.2 Å². The Bertz CT molecular complexity index is 1350. The number of aryl methyl sites for hydroxylation is 1. The van der Waals surface area contributed by atoms with Crippen LogP contribution >= 0.6 is 0 Å². The molecule has 0 radical (unpaired) electrons. The number of nitrogens with one attached hydrogen (secondary N) is 2. The Morgan fingerprint density at radius 1 is 1.16 bits per heavy atom. The topological polar surface area (TPSA) is 106 Å². The third-order valence-electron chi connectivity index (χ3n) is 5.69. The average molecular weight is 437 g/mol. The highest BCUT2D eigenvalue weighted by Gasteiger charge is 2.29. The maximum Gasteiger partial charge on any atom is 0.209 e. The minimum Gasteiger partial charge on any atom is -0.278 e. The summed E-state index contributed by atoms with van der Waals surface area (Å²) in [7, 11) is -1.30. The molecule has 160 valence electrons. The molecule has 31 heavy (non-hydrogen) atoms. The zero-order valence-corrected chi connectivity index (χ0v) is 18.3. The molecular formula is C22H24N6O2S. The standard InChI is InChI=1S/C22H24N6O2S/c1-28-20(11-17-9-10-19-18(13-23-26-19)21(17)15-7-8-15)25-22(27-28)16-5-3-14(4-6-16)12-24-31(2,29)30/h3-6,9-10,13,15,24H,7-8,11-12H2,1-2H3,(H,23,26). The van der Waals surface area contributed by atoms with Crippen LogP contribution in [0.4, 0.5) is 0 Å². The number of H-pyrrole nitrogens is 1. The minimum absolute atomic E-state index is 0.264. The Labute approximate surface area is 180 Å². The SMILES string of the molecule is Cn1nc(-c2ccc(CNS(C)(=O)=O)cc2)nc1Cc1ccc2[nH]ncc2c1C1CC1. The molecular weight excluding hydrogens is 412 g/mol. The highest BCUT2D eigenvalue weighted by atomic mass is 32.2. The summed E-state index contributed by atoms with van der Waals surface area (Å²) in [5.41, 5.74) is 5.53. The number of nitrogens with zero attached hydrogens (tertiary/aromatic N) is 4. The molecule has 1 aliphatic rings. The lowest BCUT2D eigenvalue weighted by atomic mass is 9.97. The highest BCUT2D eigenvalue weighted by molar-refractivity contribution is 7.88. The molecule has 2 aromatic heterocycles. The summed E-state index contributed by atoms with van der Waals surface area (Å²) in [5, 5.41) is 13.1. The number of benzene rings is 2. The van der Waals surface area contributed by atoms with Crippen LogP contribution in [0.2, 0.25) is 0 Å². The van der Waals surface area contributed by atoms with Crippen molar-refractivity contribution in [1.29, 1.82) is 0 Å². The molecule has 0 bridgehead atoms. The van der Waals surface area contributed by atoms with E-state index in [1.807, 2.05) is 42.2 Å². The van der Waals surface area contributed by atoms with Crippen LogP contribution in [0.15, 0.2) is 42.6 Å². The Kier molecular flexibility index (Phi) is 4.86. The maximum absolute atomic E-state index is 11.3. The van der Waals surface area contributed by atoms with Gasteiger partial charge in [0.1, 0.15) is 5.82 Å². The molecule has 4 aromatic rings. The van der Waals surface area contributed by atoms with Crippen molar-refractivity contribution in [3.05, 3.63) is 65.1 Å². The van der Waals surface area contributed by atoms with Crippen molar-refractivity contribution in [3.63, 3.8) is 0 Å². The molecule has 0 amide bonds. The van der Waals surface area contributed by atoms with E-state index < -0.39 is 10.0 Å². The Morgan fingerprint density at radius 2 is 1.94 bits per heavy atom. The van der Waals surface area contributed by atoms with Gasteiger partial charge in [0.15, 0.2) is 5.82 Å². The van der Waals surface area contributed by atoms with E-state index in [9.17, 15) is 8.42 Å². The predicted octanol–water partition coefficient (Wildman–Crippen LogP) is 2.88. The van der Waals surface area contributed by atoms with Gasteiger partial charge in [-0.05, 0) is 41.5 Å². The second kappa shape index (κ2) is 7.58. The van der Waals surface area contributed by atoms with Crippen LogP contribution in [0.1, 0.15) is 41.3 Å². The predicted molar refractivity (Wildman–Crippen MR) is 119 cm³/mol. The number of hydrogen-bond donors (Lipinski definition) is 2. The van der Waals surface area contributed by atoms with E-state index >= 15 is 0 Å². The maximum atomic E-state index is 11.3. The molecule has 1 saturated carbocycles. The van der Waals surface area contributed by atoms with Gasteiger partial charge >= 0.3 is 0 Å². The number of rotatable bonds is 7. The van der Waals surface area contributed by atoms with Gasteiger partial charge in [0, 0.05) is 31.0 Å². The van der Waals surface area contributed by atoms with Crippen molar-refractivity contribution in [1.82, 2.24) is 29.7 Å². The lowest BCUT2D eigenvalue weighted by Gasteiger charge is -2.09. The molecule has 0 saturated heterocycles. The lowest BCUT2D eigenvalue weighted by molar-refractivity contribution is 0.587. The molecule has 0 spiro atoms. The summed E-state index contributed by atoms with van der Waals surface area (Å²) >= 11 is 0. The van der Waals surface area contributed by atoms with E-state index in [2.05, 4.69) is 32.2 Å². The van der Waals surface area contributed by atoms with E-state index in [0.717, 1.165) is 28.7 Å².